The highest BCUT2D eigenvalue weighted by molar-refractivity contribution is 6.32. The Morgan fingerprint density at radius 3 is 2.92 bits per heavy atom. The number of nitrogens with one attached hydrogen (secondary N) is 1. The fourth-order valence-electron chi connectivity index (χ4n) is 1.94. The van der Waals surface area contributed by atoms with Crippen LogP contribution >= 0.6 is 11.6 Å². The number of ether oxygens (including phenoxy) is 2. The molecule has 1 amide bonds. The number of hydrogen-bond donors (Lipinski definition) is 1. The van der Waals surface area contributed by atoms with Crippen LogP contribution in [0.3, 0.4) is 0 Å². The molecule has 1 aromatic heterocycles. The van der Waals surface area contributed by atoms with Gasteiger partial charge in [0.25, 0.3) is 5.91 Å². The third-order valence-corrected chi connectivity index (χ3v) is 3.73. The number of amides is 1. The van der Waals surface area contributed by atoms with Gasteiger partial charge in [-0.2, -0.15) is 5.10 Å². The van der Waals surface area contributed by atoms with Gasteiger partial charge in [0.1, 0.15) is 0 Å². The molecule has 0 aliphatic rings. The quantitative estimate of drug-likeness (QED) is 0.603. The highest BCUT2D eigenvalue weighted by atomic mass is 35.5. The Balaban J connectivity index is 2.12. The van der Waals surface area contributed by atoms with E-state index in [1.54, 1.807) is 37.6 Å². The van der Waals surface area contributed by atoms with Gasteiger partial charge in [-0.3, -0.25) is 9.78 Å². The molecular formula is C18H20ClN3O3. The minimum atomic E-state index is -0.348. The fraction of sp³-hybridized carbons (Fsp3) is 0.278. The summed E-state index contributed by atoms with van der Waals surface area (Å²) in [5, 5.41) is 4.35. The maximum atomic E-state index is 11.9. The van der Waals surface area contributed by atoms with E-state index in [1.807, 2.05) is 13.8 Å². The molecule has 0 fully saturated rings. The number of carbonyl (C=O) groups excluding carboxylic acids is 1. The van der Waals surface area contributed by atoms with Crippen molar-refractivity contribution in [2.45, 2.75) is 26.4 Å². The normalized spacial score (nSPS) is 12.0. The smallest absolute Gasteiger partial charge is 0.272 e. The first-order valence-electron chi connectivity index (χ1n) is 7.82. The summed E-state index contributed by atoms with van der Waals surface area (Å²) >= 11 is 6.29. The van der Waals surface area contributed by atoms with E-state index in [1.165, 1.54) is 12.4 Å². The van der Waals surface area contributed by atoms with Gasteiger partial charge in [-0.15, -0.1) is 0 Å². The average molecular weight is 362 g/mol. The van der Waals surface area contributed by atoms with Crippen LogP contribution in [0.25, 0.3) is 0 Å². The molecule has 0 aliphatic heterocycles. The SMILES string of the molecule is CC[C@H](C)Oc1c(Cl)cc(/C=N\NC(=O)c2cccnc2)cc1OC. The molecule has 2 rings (SSSR count). The zero-order chi connectivity index (χ0) is 18.2. The standard InChI is InChI=1S/C18H20ClN3O3/c1-4-12(2)25-17-15(19)8-13(9-16(17)24-3)10-21-22-18(23)14-6-5-7-20-11-14/h5-12H,4H2,1-3H3,(H,22,23)/b21-10-/t12-/m0/s1. The number of methoxy groups -OCH3 is 1. The second-order valence-corrected chi connectivity index (χ2v) is 5.72. The number of hydrazone groups is 1. The average Bonchev–Trinajstić information content (AvgIpc) is 2.63. The fourth-order valence-corrected chi connectivity index (χ4v) is 2.20. The van der Waals surface area contributed by atoms with E-state index < -0.39 is 0 Å². The van der Waals surface area contributed by atoms with Crippen molar-refractivity contribution in [2.75, 3.05) is 7.11 Å². The van der Waals surface area contributed by atoms with E-state index in [9.17, 15) is 4.79 Å². The summed E-state index contributed by atoms with van der Waals surface area (Å²) in [5.74, 6) is 0.655. The summed E-state index contributed by atoms with van der Waals surface area (Å²) < 4.78 is 11.1. The van der Waals surface area contributed by atoms with Crippen molar-refractivity contribution in [3.63, 3.8) is 0 Å². The molecule has 132 valence electrons. The Morgan fingerprint density at radius 2 is 2.28 bits per heavy atom. The maximum Gasteiger partial charge on any atom is 0.272 e. The molecule has 0 saturated heterocycles. The molecule has 0 aliphatic carbocycles. The Bertz CT molecular complexity index is 751. The van der Waals surface area contributed by atoms with Crippen LogP contribution < -0.4 is 14.9 Å². The third-order valence-electron chi connectivity index (χ3n) is 3.45. The lowest BCUT2D eigenvalue weighted by Gasteiger charge is -2.17. The van der Waals surface area contributed by atoms with Crippen LogP contribution in [0.1, 0.15) is 36.2 Å². The van der Waals surface area contributed by atoms with Crippen LogP contribution in [0.5, 0.6) is 11.5 Å². The minimum Gasteiger partial charge on any atom is -0.493 e. The largest absolute Gasteiger partial charge is 0.493 e. The van der Waals surface area contributed by atoms with E-state index in [0.717, 1.165) is 6.42 Å². The van der Waals surface area contributed by atoms with Crippen molar-refractivity contribution in [3.8, 4) is 11.5 Å². The second-order valence-electron chi connectivity index (χ2n) is 5.31. The molecule has 0 bridgehead atoms. The first kappa shape index (κ1) is 18.7. The zero-order valence-electron chi connectivity index (χ0n) is 14.3. The molecule has 2 aromatic rings. The summed E-state index contributed by atoms with van der Waals surface area (Å²) in [6.45, 7) is 3.98. The lowest BCUT2D eigenvalue weighted by atomic mass is 10.2. The predicted molar refractivity (Wildman–Crippen MR) is 97.7 cm³/mol. The topological polar surface area (TPSA) is 72.8 Å². The van der Waals surface area contributed by atoms with Crippen molar-refractivity contribution >= 4 is 23.7 Å². The van der Waals surface area contributed by atoms with E-state index in [2.05, 4.69) is 15.5 Å². The number of hydrogen-bond acceptors (Lipinski definition) is 5. The van der Waals surface area contributed by atoms with Gasteiger partial charge in [-0.25, -0.2) is 5.43 Å². The van der Waals surface area contributed by atoms with E-state index in [4.69, 9.17) is 21.1 Å². The number of aromatic nitrogens is 1. The first-order valence-corrected chi connectivity index (χ1v) is 8.20. The van der Waals surface area contributed by atoms with Crippen LogP contribution in [-0.2, 0) is 0 Å². The molecular weight excluding hydrogens is 342 g/mol. The summed E-state index contributed by atoms with van der Waals surface area (Å²) in [6.07, 6.45) is 5.41. The van der Waals surface area contributed by atoms with Gasteiger partial charge in [0.05, 0.1) is 30.0 Å². The van der Waals surface area contributed by atoms with Gasteiger partial charge < -0.3 is 9.47 Å². The first-order chi connectivity index (χ1) is 12.0. The van der Waals surface area contributed by atoms with Crippen molar-refractivity contribution < 1.29 is 14.3 Å². The Kier molecular flexibility index (Phi) is 6.77. The lowest BCUT2D eigenvalue weighted by Crippen LogP contribution is -2.17. The summed E-state index contributed by atoms with van der Waals surface area (Å²) in [7, 11) is 1.54. The van der Waals surface area contributed by atoms with Crippen molar-refractivity contribution in [2.24, 2.45) is 5.10 Å². The van der Waals surface area contributed by atoms with Crippen LogP contribution in [0.15, 0.2) is 41.8 Å². The monoisotopic (exact) mass is 361 g/mol. The molecule has 1 heterocycles. The number of halogens is 1. The number of nitrogens with zero attached hydrogens (tertiary/aromatic N) is 2. The van der Waals surface area contributed by atoms with Crippen LogP contribution in [-0.4, -0.2) is 30.3 Å². The molecule has 0 unspecified atom stereocenters. The van der Waals surface area contributed by atoms with Gasteiger partial charge >= 0.3 is 0 Å². The lowest BCUT2D eigenvalue weighted by molar-refractivity contribution is 0.0955. The molecule has 0 radical (unpaired) electrons. The number of pyridine rings is 1. The Labute approximate surface area is 151 Å². The number of carbonyl (C=O) groups is 1. The van der Waals surface area contributed by atoms with Crippen LogP contribution in [0.4, 0.5) is 0 Å². The van der Waals surface area contributed by atoms with E-state index in [-0.39, 0.29) is 12.0 Å². The minimum absolute atomic E-state index is 0.0182. The highest BCUT2D eigenvalue weighted by Gasteiger charge is 2.14. The van der Waals surface area contributed by atoms with Crippen molar-refractivity contribution in [1.29, 1.82) is 0 Å². The third kappa shape index (κ3) is 5.19. The van der Waals surface area contributed by atoms with Crippen molar-refractivity contribution in [1.82, 2.24) is 10.4 Å². The molecule has 1 N–H and O–H groups in total. The summed E-state index contributed by atoms with van der Waals surface area (Å²) in [4.78, 5) is 15.8. The Morgan fingerprint density at radius 1 is 1.48 bits per heavy atom. The molecule has 1 atom stereocenters. The Hall–Kier alpha value is -2.60. The molecule has 6 nitrogen and oxygen atoms in total. The molecule has 1 aromatic carbocycles. The highest BCUT2D eigenvalue weighted by Crippen LogP contribution is 2.37. The molecule has 0 saturated carbocycles. The molecule has 0 spiro atoms. The summed E-state index contributed by atoms with van der Waals surface area (Å²) in [5.41, 5.74) is 3.53. The van der Waals surface area contributed by atoms with Crippen molar-refractivity contribution in [3.05, 3.63) is 52.8 Å². The van der Waals surface area contributed by atoms with Crippen LogP contribution in [0, 0.1) is 0 Å². The summed E-state index contributed by atoms with van der Waals surface area (Å²) in [6, 6.07) is 6.77. The number of benzene rings is 1. The van der Waals surface area contributed by atoms with E-state index >= 15 is 0 Å². The molecule has 7 heteroatoms. The maximum absolute atomic E-state index is 11.9. The second kappa shape index (κ2) is 9.03. The van der Waals surface area contributed by atoms with Gasteiger partial charge in [-0.05, 0) is 43.2 Å². The predicted octanol–water partition coefficient (Wildman–Crippen LogP) is 3.68. The van der Waals surface area contributed by atoms with E-state index in [0.29, 0.717) is 27.6 Å². The molecule has 25 heavy (non-hydrogen) atoms. The zero-order valence-corrected chi connectivity index (χ0v) is 15.1. The van der Waals surface area contributed by atoms with Gasteiger partial charge in [0, 0.05) is 12.4 Å². The number of rotatable bonds is 7. The van der Waals surface area contributed by atoms with Gasteiger partial charge in [-0.1, -0.05) is 18.5 Å². The van der Waals surface area contributed by atoms with Crippen LogP contribution in [0.2, 0.25) is 5.02 Å². The van der Waals surface area contributed by atoms with Gasteiger partial charge in [0.2, 0.25) is 0 Å². The van der Waals surface area contributed by atoms with Gasteiger partial charge in [0.15, 0.2) is 11.5 Å².